The van der Waals surface area contributed by atoms with Gasteiger partial charge in [0.1, 0.15) is 5.75 Å². The number of halogens is 1. The number of aryl methyl sites for hydroxylation is 2. The standard InChI is InChI=1S/C21H26BrNO2/c1-15-11-18(12-16(2)20(15)22)25-14-19(24)23(21(3,4)5)13-17-9-7-6-8-10-17/h6-12H,13-14H2,1-5H3. The lowest BCUT2D eigenvalue weighted by molar-refractivity contribution is -0.139. The fraction of sp³-hybridized carbons (Fsp3) is 0.381. The third-order valence-corrected chi connectivity index (χ3v) is 5.32. The van der Waals surface area contributed by atoms with Gasteiger partial charge in [-0.1, -0.05) is 46.3 Å². The SMILES string of the molecule is Cc1cc(OCC(=O)N(Cc2ccccc2)C(C)(C)C)cc(C)c1Br. The molecule has 0 radical (unpaired) electrons. The van der Waals surface area contributed by atoms with Crippen LogP contribution in [0.25, 0.3) is 0 Å². The van der Waals surface area contributed by atoms with Crippen LogP contribution in [0.2, 0.25) is 0 Å². The van der Waals surface area contributed by atoms with Crippen molar-refractivity contribution in [3.63, 3.8) is 0 Å². The third-order valence-electron chi connectivity index (χ3n) is 4.07. The molecule has 0 aromatic heterocycles. The topological polar surface area (TPSA) is 29.5 Å². The summed E-state index contributed by atoms with van der Waals surface area (Å²) in [7, 11) is 0. The van der Waals surface area contributed by atoms with Gasteiger partial charge in [0.05, 0.1) is 0 Å². The molecule has 2 aromatic carbocycles. The van der Waals surface area contributed by atoms with Gasteiger partial charge in [0, 0.05) is 16.6 Å². The molecule has 0 heterocycles. The number of hydrogen-bond acceptors (Lipinski definition) is 2. The van der Waals surface area contributed by atoms with Crippen LogP contribution in [0.15, 0.2) is 46.9 Å². The number of nitrogens with zero attached hydrogens (tertiary/aromatic N) is 1. The molecule has 4 heteroatoms. The number of ether oxygens (including phenoxy) is 1. The summed E-state index contributed by atoms with van der Waals surface area (Å²) in [4.78, 5) is 14.7. The minimum absolute atomic E-state index is 0.0189. The minimum Gasteiger partial charge on any atom is -0.484 e. The highest BCUT2D eigenvalue weighted by Crippen LogP contribution is 2.26. The molecule has 0 saturated heterocycles. The molecule has 1 amide bonds. The molecule has 0 unspecified atom stereocenters. The first-order valence-electron chi connectivity index (χ1n) is 8.42. The van der Waals surface area contributed by atoms with Crippen molar-refractivity contribution in [2.45, 2.75) is 46.7 Å². The molecule has 0 aliphatic heterocycles. The number of rotatable bonds is 5. The van der Waals surface area contributed by atoms with Gasteiger partial charge in [0.25, 0.3) is 5.91 Å². The maximum atomic E-state index is 12.8. The number of hydrogen-bond donors (Lipinski definition) is 0. The van der Waals surface area contributed by atoms with Crippen molar-refractivity contribution in [2.24, 2.45) is 0 Å². The van der Waals surface area contributed by atoms with Gasteiger partial charge < -0.3 is 9.64 Å². The van der Waals surface area contributed by atoms with E-state index in [9.17, 15) is 4.79 Å². The Morgan fingerprint density at radius 3 is 2.16 bits per heavy atom. The van der Waals surface area contributed by atoms with E-state index in [0.717, 1.165) is 26.9 Å². The normalized spacial score (nSPS) is 11.3. The summed E-state index contributed by atoms with van der Waals surface area (Å²) < 4.78 is 6.86. The zero-order valence-corrected chi connectivity index (χ0v) is 17.2. The Morgan fingerprint density at radius 1 is 1.08 bits per heavy atom. The molecule has 0 fully saturated rings. The predicted molar refractivity (Wildman–Crippen MR) is 106 cm³/mol. The van der Waals surface area contributed by atoms with Crippen LogP contribution in [0.3, 0.4) is 0 Å². The first-order chi connectivity index (χ1) is 11.7. The number of carbonyl (C=O) groups excluding carboxylic acids is 1. The molecular formula is C21H26BrNO2. The van der Waals surface area contributed by atoms with Crippen molar-refractivity contribution in [1.29, 1.82) is 0 Å². The smallest absolute Gasteiger partial charge is 0.261 e. The van der Waals surface area contributed by atoms with Crippen molar-refractivity contribution >= 4 is 21.8 Å². The van der Waals surface area contributed by atoms with E-state index in [1.165, 1.54) is 0 Å². The van der Waals surface area contributed by atoms with Crippen molar-refractivity contribution < 1.29 is 9.53 Å². The van der Waals surface area contributed by atoms with Crippen molar-refractivity contribution in [2.75, 3.05) is 6.61 Å². The summed E-state index contributed by atoms with van der Waals surface area (Å²) in [5.74, 6) is 0.703. The number of amides is 1. The zero-order chi connectivity index (χ0) is 18.6. The van der Waals surface area contributed by atoms with Crippen LogP contribution in [0, 0.1) is 13.8 Å². The van der Waals surface area contributed by atoms with Crippen LogP contribution in [-0.4, -0.2) is 23.0 Å². The molecule has 2 aromatic rings. The second kappa shape index (κ2) is 8.05. The summed E-state index contributed by atoms with van der Waals surface area (Å²) in [6, 6.07) is 13.9. The van der Waals surface area contributed by atoms with Gasteiger partial charge >= 0.3 is 0 Å². The van der Waals surface area contributed by atoms with Crippen LogP contribution in [-0.2, 0) is 11.3 Å². The third kappa shape index (κ3) is 5.33. The van der Waals surface area contributed by atoms with Gasteiger partial charge in [0.2, 0.25) is 0 Å². The van der Waals surface area contributed by atoms with Crippen molar-refractivity contribution in [3.05, 3.63) is 63.6 Å². The Balaban J connectivity index is 2.10. The van der Waals surface area contributed by atoms with Crippen LogP contribution < -0.4 is 4.74 Å². The van der Waals surface area contributed by atoms with Crippen LogP contribution in [0.5, 0.6) is 5.75 Å². The first-order valence-corrected chi connectivity index (χ1v) is 9.21. The van der Waals surface area contributed by atoms with Crippen LogP contribution in [0.1, 0.15) is 37.5 Å². The van der Waals surface area contributed by atoms with E-state index < -0.39 is 0 Å². The molecule has 3 nitrogen and oxygen atoms in total. The van der Waals surface area contributed by atoms with Gasteiger partial charge in [-0.15, -0.1) is 0 Å². The van der Waals surface area contributed by atoms with Crippen molar-refractivity contribution in [3.8, 4) is 5.75 Å². The Bertz CT molecular complexity index is 712. The highest BCUT2D eigenvalue weighted by atomic mass is 79.9. The van der Waals surface area contributed by atoms with E-state index >= 15 is 0 Å². The lowest BCUT2D eigenvalue weighted by Gasteiger charge is -2.35. The lowest BCUT2D eigenvalue weighted by Crippen LogP contribution is -2.47. The number of carbonyl (C=O) groups is 1. The minimum atomic E-state index is -0.276. The molecule has 134 valence electrons. The van der Waals surface area contributed by atoms with E-state index in [4.69, 9.17) is 4.74 Å². The van der Waals surface area contributed by atoms with Gasteiger partial charge in [-0.3, -0.25) is 4.79 Å². The fourth-order valence-corrected chi connectivity index (χ4v) is 2.91. The maximum Gasteiger partial charge on any atom is 0.261 e. The Kier molecular flexibility index (Phi) is 6.28. The molecule has 0 spiro atoms. The van der Waals surface area contributed by atoms with Crippen LogP contribution >= 0.6 is 15.9 Å². The second-order valence-electron chi connectivity index (χ2n) is 7.30. The molecule has 0 saturated carbocycles. The molecule has 2 rings (SSSR count). The van der Waals surface area contributed by atoms with E-state index in [2.05, 4.69) is 15.9 Å². The summed E-state index contributed by atoms with van der Waals surface area (Å²) in [5, 5.41) is 0. The van der Waals surface area contributed by atoms with E-state index in [1.54, 1.807) is 0 Å². The van der Waals surface area contributed by atoms with Gasteiger partial charge in [-0.2, -0.15) is 0 Å². The fourth-order valence-electron chi connectivity index (χ4n) is 2.68. The quantitative estimate of drug-likeness (QED) is 0.679. The zero-order valence-electron chi connectivity index (χ0n) is 15.6. The highest BCUT2D eigenvalue weighted by Gasteiger charge is 2.26. The lowest BCUT2D eigenvalue weighted by atomic mass is 10.0. The highest BCUT2D eigenvalue weighted by molar-refractivity contribution is 9.10. The predicted octanol–water partition coefficient (Wildman–Crippen LogP) is 5.27. The average molecular weight is 404 g/mol. The first kappa shape index (κ1) is 19.5. The molecule has 25 heavy (non-hydrogen) atoms. The summed E-state index contributed by atoms with van der Waals surface area (Å²) >= 11 is 3.55. The van der Waals surface area contributed by atoms with E-state index in [-0.39, 0.29) is 18.1 Å². The second-order valence-corrected chi connectivity index (χ2v) is 8.09. The maximum absolute atomic E-state index is 12.8. The molecule has 0 aliphatic carbocycles. The Hall–Kier alpha value is -1.81. The summed E-state index contributed by atoms with van der Waals surface area (Å²) in [5.41, 5.74) is 3.03. The molecule has 0 bridgehead atoms. The van der Waals surface area contributed by atoms with E-state index in [1.807, 2.05) is 82.0 Å². The summed E-state index contributed by atoms with van der Waals surface area (Å²) in [6.07, 6.45) is 0. The van der Waals surface area contributed by atoms with Crippen LogP contribution in [0.4, 0.5) is 0 Å². The Labute approximate surface area is 159 Å². The molecule has 0 atom stereocenters. The van der Waals surface area contributed by atoms with Gasteiger partial charge in [-0.05, 0) is 63.4 Å². The average Bonchev–Trinajstić information content (AvgIpc) is 2.55. The molecule has 0 aliphatic rings. The monoisotopic (exact) mass is 403 g/mol. The van der Waals surface area contributed by atoms with Crippen molar-refractivity contribution in [1.82, 2.24) is 4.90 Å². The largest absolute Gasteiger partial charge is 0.484 e. The summed E-state index contributed by atoms with van der Waals surface area (Å²) in [6.45, 7) is 10.8. The van der Waals surface area contributed by atoms with E-state index in [0.29, 0.717) is 6.54 Å². The Morgan fingerprint density at radius 2 is 1.64 bits per heavy atom. The molecular weight excluding hydrogens is 378 g/mol. The number of benzene rings is 2. The van der Waals surface area contributed by atoms with Gasteiger partial charge in [-0.25, -0.2) is 0 Å². The molecule has 0 N–H and O–H groups in total. The van der Waals surface area contributed by atoms with Gasteiger partial charge in [0.15, 0.2) is 6.61 Å².